The number of nitrogens with one attached hydrogen (secondary N) is 10. The summed E-state index contributed by atoms with van der Waals surface area (Å²) in [4.78, 5) is 19.6. The molecule has 0 fully saturated rings. The summed E-state index contributed by atoms with van der Waals surface area (Å²) < 4.78 is 0. The van der Waals surface area contributed by atoms with Crippen molar-refractivity contribution in [3.63, 3.8) is 0 Å². The van der Waals surface area contributed by atoms with E-state index in [1.807, 2.05) is 0 Å². The van der Waals surface area contributed by atoms with Crippen molar-refractivity contribution >= 4 is 46.4 Å². The molecule has 8 bridgehead atoms. The van der Waals surface area contributed by atoms with Gasteiger partial charge in [0.15, 0.2) is 0 Å². The second kappa shape index (κ2) is 24.4. The largest absolute Gasteiger partial charge is 0.354 e. The first-order valence-corrected chi connectivity index (χ1v) is 28.4. The van der Waals surface area contributed by atoms with Crippen LogP contribution in [0.2, 0.25) is 0 Å². The van der Waals surface area contributed by atoms with Gasteiger partial charge in [-0.05, 0) is 169 Å². The Morgan fingerprint density at radius 2 is 0.564 bits per heavy atom. The zero-order valence-electron chi connectivity index (χ0n) is 46.6. The number of aromatic amines is 2. The zero-order valence-corrected chi connectivity index (χ0v) is 46.6. The second-order valence-electron chi connectivity index (χ2n) is 21.7. The quantitative estimate of drug-likeness (QED) is 0.0825. The fourth-order valence-corrected chi connectivity index (χ4v) is 12.2. The molecule has 402 valence electrons. The monoisotopic (exact) mass is 1040 g/mol. The molecule has 0 saturated heterocycles. The molecule has 3 aromatic heterocycles. The van der Waals surface area contributed by atoms with Crippen LogP contribution in [0, 0.1) is 41.5 Å². The molecule has 12 nitrogen and oxygen atoms in total. The van der Waals surface area contributed by atoms with Crippen LogP contribution in [0.25, 0.3) is 90.9 Å². The van der Waals surface area contributed by atoms with Crippen LogP contribution < -0.4 is 42.5 Å². The number of hydrogen-bond acceptors (Lipinski definition) is 10. The van der Waals surface area contributed by atoms with Crippen molar-refractivity contribution in [2.75, 3.05) is 78.5 Å². The molecule has 0 aliphatic carbocycles. The molecule has 10 N–H and O–H groups in total. The molecule has 12 heteroatoms. The molecule has 4 aliphatic rings. The lowest BCUT2D eigenvalue weighted by Crippen LogP contribution is -2.35. The first-order valence-electron chi connectivity index (χ1n) is 28.4. The van der Waals surface area contributed by atoms with Crippen molar-refractivity contribution in [1.29, 1.82) is 0 Å². The molecule has 0 amide bonds. The van der Waals surface area contributed by atoms with E-state index in [0.29, 0.717) is 0 Å². The van der Waals surface area contributed by atoms with Gasteiger partial charge in [-0.3, -0.25) is 0 Å². The standard InChI is InChI=1S/C66H78N12/c1-41-31-43(3)61(44(4)32-41)65-57-15-11-53(75-57)63(47-7-9-49-37-71-27-23-67-19-21-69-25-29-73-39-51(49)35-47)55-13-17-59(77-55)66(62-45(5)33-42(2)34-46(62)6)60-18-14-56(78-60)64(54-12-16-58(65)76-54)48-8-10-50-38-72-28-24-68-20-22-70-26-30-74-40-52(50)36-48/h7-18,31-36,67-75,78H,19-30,37-40H2,1-6H3. The number of aryl methyl sites for hydroxylation is 6. The van der Waals surface area contributed by atoms with Crippen LogP contribution in [-0.2, 0) is 26.2 Å². The van der Waals surface area contributed by atoms with E-state index in [9.17, 15) is 0 Å². The number of H-pyrrole nitrogens is 2. The lowest BCUT2D eigenvalue weighted by Gasteiger charge is -2.16. The van der Waals surface area contributed by atoms with E-state index >= 15 is 0 Å². The molecule has 7 heterocycles. The Morgan fingerprint density at radius 1 is 0.282 bits per heavy atom. The van der Waals surface area contributed by atoms with Crippen LogP contribution in [0.15, 0.2) is 84.9 Å². The lowest BCUT2D eigenvalue weighted by molar-refractivity contribution is 0.557. The van der Waals surface area contributed by atoms with Crippen LogP contribution in [-0.4, -0.2) is 98.5 Å². The Labute approximate surface area is 460 Å². The molecule has 0 atom stereocenters. The topological polar surface area (TPSA) is 154 Å². The van der Waals surface area contributed by atoms with Crippen LogP contribution in [0.3, 0.4) is 0 Å². The first-order chi connectivity index (χ1) is 38.2. The minimum Gasteiger partial charge on any atom is -0.354 e. The highest BCUT2D eigenvalue weighted by Crippen LogP contribution is 2.42. The van der Waals surface area contributed by atoms with E-state index in [4.69, 9.17) is 9.97 Å². The predicted octanol–water partition coefficient (Wildman–Crippen LogP) is 9.92. The summed E-state index contributed by atoms with van der Waals surface area (Å²) in [5.74, 6) is 0. The van der Waals surface area contributed by atoms with E-state index in [-0.39, 0.29) is 0 Å². The molecule has 78 heavy (non-hydrogen) atoms. The lowest BCUT2D eigenvalue weighted by atomic mass is 9.92. The molecule has 4 aliphatic heterocycles. The van der Waals surface area contributed by atoms with Crippen molar-refractivity contribution < 1.29 is 0 Å². The third kappa shape index (κ3) is 11.8. The summed E-state index contributed by atoms with van der Waals surface area (Å²) >= 11 is 0. The van der Waals surface area contributed by atoms with Gasteiger partial charge in [0.1, 0.15) is 0 Å². The van der Waals surface area contributed by atoms with Crippen molar-refractivity contribution in [2.24, 2.45) is 0 Å². The van der Waals surface area contributed by atoms with Gasteiger partial charge in [0.2, 0.25) is 0 Å². The molecule has 0 unspecified atom stereocenters. The molecule has 4 aromatic carbocycles. The highest BCUT2D eigenvalue weighted by Gasteiger charge is 2.23. The Balaban J connectivity index is 1.20. The summed E-state index contributed by atoms with van der Waals surface area (Å²) in [6.07, 6.45) is 8.90. The predicted molar refractivity (Wildman–Crippen MR) is 327 cm³/mol. The fraction of sp³-hybridized carbons (Fsp3) is 0.333. The van der Waals surface area contributed by atoms with Crippen molar-refractivity contribution in [3.8, 4) is 44.5 Å². The summed E-state index contributed by atoms with van der Waals surface area (Å²) in [6, 6.07) is 32.2. The summed E-state index contributed by atoms with van der Waals surface area (Å²) in [5, 5.41) is 29.2. The Morgan fingerprint density at radius 3 is 0.897 bits per heavy atom. The van der Waals surface area contributed by atoms with Crippen molar-refractivity contribution in [1.82, 2.24) is 62.5 Å². The van der Waals surface area contributed by atoms with Crippen molar-refractivity contribution in [2.45, 2.75) is 67.7 Å². The molecule has 0 saturated carbocycles. The number of fused-ring (bicyclic) bond motifs is 10. The SMILES string of the molecule is Cc1cc(C)c(-c2c3nc(c(-c4ccc5c(c4)CNCCNCCNCCNC5)c4ccc([nH]4)c(-c4c(C)cc(C)cc4C)c4nc(c(-c5ccc6c(c5)CNCCNCCNCCNC6)c5ccc2[nH]5)C=C4)C=C3)c(C)c1. The Hall–Kier alpha value is -6.84. The second-order valence-corrected chi connectivity index (χ2v) is 21.7. The molecule has 0 spiro atoms. The number of aromatic nitrogens is 4. The molecular weight excluding hydrogens is 961 g/mol. The van der Waals surface area contributed by atoms with Gasteiger partial charge >= 0.3 is 0 Å². The average Bonchev–Trinajstić information content (AvgIpc) is 4.44. The number of rotatable bonds is 4. The van der Waals surface area contributed by atoms with Gasteiger partial charge in [-0.25, -0.2) is 9.97 Å². The maximum atomic E-state index is 5.74. The summed E-state index contributed by atoms with van der Waals surface area (Å²) in [5.41, 5.74) is 28.9. The van der Waals surface area contributed by atoms with Gasteiger partial charge in [-0.15, -0.1) is 0 Å². The molecule has 0 radical (unpaired) electrons. The number of benzene rings is 4. The van der Waals surface area contributed by atoms with Gasteiger partial charge in [-0.2, -0.15) is 0 Å². The van der Waals surface area contributed by atoms with Crippen LogP contribution in [0.4, 0.5) is 0 Å². The number of hydrogen-bond donors (Lipinski definition) is 10. The smallest absolute Gasteiger partial charge is 0.0737 e. The third-order valence-corrected chi connectivity index (χ3v) is 15.7. The van der Waals surface area contributed by atoms with Gasteiger partial charge < -0.3 is 52.5 Å². The van der Waals surface area contributed by atoms with Crippen LogP contribution >= 0.6 is 0 Å². The molecular formula is C66H78N12. The average molecular weight is 1040 g/mol. The normalized spacial score (nSPS) is 16.3. The molecule has 11 rings (SSSR count). The van der Waals surface area contributed by atoms with Crippen LogP contribution in [0.5, 0.6) is 0 Å². The highest BCUT2D eigenvalue weighted by molar-refractivity contribution is 6.01. The third-order valence-electron chi connectivity index (χ3n) is 15.7. The molecule has 7 aromatic rings. The maximum Gasteiger partial charge on any atom is 0.0737 e. The minimum absolute atomic E-state index is 0.760. The number of nitrogens with zero attached hydrogens (tertiary/aromatic N) is 2. The van der Waals surface area contributed by atoms with E-state index in [0.717, 1.165) is 183 Å². The Bertz CT molecular complexity index is 3300. The van der Waals surface area contributed by atoms with Gasteiger partial charge in [-0.1, -0.05) is 59.7 Å². The van der Waals surface area contributed by atoms with E-state index < -0.39 is 0 Å². The summed E-state index contributed by atoms with van der Waals surface area (Å²) in [6.45, 7) is 27.5. The maximum absolute atomic E-state index is 5.74. The Kier molecular flexibility index (Phi) is 16.7. The van der Waals surface area contributed by atoms with Gasteiger partial charge in [0.25, 0.3) is 0 Å². The highest BCUT2D eigenvalue weighted by atomic mass is 15.0. The fourth-order valence-electron chi connectivity index (χ4n) is 12.2. The van der Waals surface area contributed by atoms with Crippen molar-refractivity contribution in [3.05, 3.63) is 163 Å². The van der Waals surface area contributed by atoms with E-state index in [1.165, 1.54) is 66.8 Å². The summed E-state index contributed by atoms with van der Waals surface area (Å²) in [7, 11) is 0. The van der Waals surface area contributed by atoms with E-state index in [2.05, 4.69) is 203 Å². The van der Waals surface area contributed by atoms with Gasteiger partial charge in [0, 0.05) is 149 Å². The minimum atomic E-state index is 0.760. The first kappa shape index (κ1) is 53.2. The van der Waals surface area contributed by atoms with Gasteiger partial charge in [0.05, 0.1) is 22.8 Å². The van der Waals surface area contributed by atoms with E-state index in [1.54, 1.807) is 0 Å². The zero-order chi connectivity index (χ0) is 53.5. The van der Waals surface area contributed by atoms with Crippen LogP contribution in [0.1, 0.15) is 78.4 Å².